The molecular weight excluding hydrogens is 308 g/mol. The van der Waals surface area contributed by atoms with Crippen LogP contribution >= 0.6 is 11.3 Å². The summed E-state index contributed by atoms with van der Waals surface area (Å²) in [6.45, 7) is 0.458. The molecule has 2 heterocycles. The summed E-state index contributed by atoms with van der Waals surface area (Å²) in [5.41, 5.74) is 3.88. The van der Waals surface area contributed by atoms with Crippen LogP contribution in [-0.4, -0.2) is 10.9 Å². The molecule has 0 radical (unpaired) electrons. The Morgan fingerprint density at radius 3 is 2.91 bits per heavy atom. The number of nitrogens with one attached hydrogen (secondary N) is 1. The second-order valence-electron chi connectivity index (χ2n) is 5.33. The van der Waals surface area contributed by atoms with Gasteiger partial charge in [-0.3, -0.25) is 4.79 Å². The Hall–Kier alpha value is -2.66. The molecule has 0 saturated heterocycles. The Kier molecular flexibility index (Phi) is 3.55. The van der Waals surface area contributed by atoms with Gasteiger partial charge < -0.3 is 10.1 Å². The second kappa shape index (κ2) is 5.85. The van der Waals surface area contributed by atoms with Gasteiger partial charge in [-0.25, -0.2) is 4.98 Å². The van der Waals surface area contributed by atoms with E-state index in [-0.39, 0.29) is 5.91 Å². The third kappa shape index (κ3) is 2.96. The molecule has 5 heteroatoms. The maximum Gasteiger partial charge on any atom is 0.228 e. The molecule has 4 rings (SSSR count). The number of thiazole rings is 1. The molecule has 0 saturated carbocycles. The molecule has 2 aromatic carbocycles. The summed E-state index contributed by atoms with van der Waals surface area (Å²) in [5.74, 6) is 0.888. The molecule has 0 bridgehead atoms. The van der Waals surface area contributed by atoms with Gasteiger partial charge in [0.2, 0.25) is 5.91 Å². The van der Waals surface area contributed by atoms with E-state index in [1.165, 1.54) is 0 Å². The number of hydrogen-bond acceptors (Lipinski definition) is 4. The van der Waals surface area contributed by atoms with E-state index in [4.69, 9.17) is 4.74 Å². The van der Waals surface area contributed by atoms with Gasteiger partial charge >= 0.3 is 0 Å². The van der Waals surface area contributed by atoms with Crippen molar-refractivity contribution in [3.05, 3.63) is 64.5 Å². The average molecular weight is 322 g/mol. The molecule has 0 unspecified atom stereocenters. The standard InChI is InChI=1S/C18H14N2O2S/c21-17-9-13-8-12(6-7-15(13)19-17)16-11-23-18(20-16)10-22-14-4-2-1-3-5-14/h1-8,11H,9-10H2,(H,19,21). The van der Waals surface area contributed by atoms with E-state index in [0.29, 0.717) is 13.0 Å². The predicted molar refractivity (Wildman–Crippen MR) is 90.7 cm³/mol. The number of fused-ring (bicyclic) bond motifs is 1. The fourth-order valence-corrected chi connectivity index (χ4v) is 3.27. The quantitative estimate of drug-likeness (QED) is 0.793. The first-order chi connectivity index (χ1) is 11.3. The minimum absolute atomic E-state index is 0.0485. The van der Waals surface area contributed by atoms with Gasteiger partial charge in [-0.2, -0.15) is 0 Å². The van der Waals surface area contributed by atoms with Crippen LogP contribution in [0.4, 0.5) is 5.69 Å². The van der Waals surface area contributed by atoms with Crippen molar-refractivity contribution in [1.29, 1.82) is 0 Å². The molecule has 1 amide bonds. The molecule has 3 aromatic rings. The first-order valence-corrected chi connectivity index (χ1v) is 8.21. The first-order valence-electron chi connectivity index (χ1n) is 7.33. The fraction of sp³-hybridized carbons (Fsp3) is 0.111. The third-order valence-electron chi connectivity index (χ3n) is 3.68. The fourth-order valence-electron chi connectivity index (χ4n) is 2.56. The van der Waals surface area contributed by atoms with Crippen LogP contribution in [0.15, 0.2) is 53.9 Å². The highest BCUT2D eigenvalue weighted by Gasteiger charge is 2.18. The molecule has 0 fully saturated rings. The van der Waals surface area contributed by atoms with Gasteiger partial charge in [-0.15, -0.1) is 11.3 Å². The number of nitrogens with zero attached hydrogens (tertiary/aromatic N) is 1. The van der Waals surface area contributed by atoms with E-state index in [9.17, 15) is 4.79 Å². The summed E-state index contributed by atoms with van der Waals surface area (Å²) in [6.07, 6.45) is 0.442. The number of anilines is 1. The SMILES string of the molecule is O=C1Cc2cc(-c3csc(COc4ccccc4)n3)ccc2N1. The number of benzene rings is 2. The normalized spacial score (nSPS) is 12.8. The van der Waals surface area contributed by atoms with Crippen molar-refractivity contribution in [3.63, 3.8) is 0 Å². The zero-order chi connectivity index (χ0) is 15.6. The van der Waals surface area contributed by atoms with Crippen LogP contribution in [0.25, 0.3) is 11.3 Å². The van der Waals surface area contributed by atoms with Crippen molar-refractivity contribution in [2.45, 2.75) is 13.0 Å². The van der Waals surface area contributed by atoms with Crippen LogP contribution in [-0.2, 0) is 17.8 Å². The van der Waals surface area contributed by atoms with Crippen molar-refractivity contribution in [1.82, 2.24) is 4.98 Å². The molecule has 4 nitrogen and oxygen atoms in total. The molecule has 1 aromatic heterocycles. The van der Waals surface area contributed by atoms with Crippen LogP contribution in [0.3, 0.4) is 0 Å². The lowest BCUT2D eigenvalue weighted by Gasteiger charge is -2.03. The Labute approximate surface area is 137 Å². The van der Waals surface area contributed by atoms with Crippen molar-refractivity contribution < 1.29 is 9.53 Å². The van der Waals surface area contributed by atoms with Crippen LogP contribution in [0.1, 0.15) is 10.6 Å². The minimum atomic E-state index is 0.0485. The Bertz CT molecular complexity index is 858. The van der Waals surface area contributed by atoms with E-state index in [1.54, 1.807) is 11.3 Å². The van der Waals surface area contributed by atoms with Crippen LogP contribution in [0, 0.1) is 0 Å². The minimum Gasteiger partial charge on any atom is -0.486 e. The maximum atomic E-state index is 11.4. The third-order valence-corrected chi connectivity index (χ3v) is 4.51. The number of amides is 1. The molecule has 0 spiro atoms. The van der Waals surface area contributed by atoms with Gasteiger partial charge in [-0.05, 0) is 29.8 Å². The first kappa shape index (κ1) is 14.0. The molecule has 1 aliphatic rings. The number of rotatable bonds is 4. The number of carbonyl (C=O) groups excluding carboxylic acids is 1. The van der Waals surface area contributed by atoms with Crippen LogP contribution in [0.2, 0.25) is 0 Å². The highest BCUT2D eigenvalue weighted by atomic mass is 32.1. The number of hydrogen-bond donors (Lipinski definition) is 1. The van der Waals surface area contributed by atoms with Gasteiger partial charge in [0, 0.05) is 16.6 Å². The predicted octanol–water partition coefficient (Wildman–Crippen LogP) is 3.88. The lowest BCUT2D eigenvalue weighted by molar-refractivity contribution is -0.115. The topological polar surface area (TPSA) is 51.2 Å². The number of para-hydroxylation sites is 1. The van der Waals surface area contributed by atoms with Crippen molar-refractivity contribution in [2.24, 2.45) is 0 Å². The molecule has 0 aliphatic carbocycles. The molecule has 1 aliphatic heterocycles. The number of aromatic nitrogens is 1. The largest absolute Gasteiger partial charge is 0.486 e. The summed E-state index contributed by atoms with van der Waals surface area (Å²) in [6, 6.07) is 15.7. The van der Waals surface area contributed by atoms with Gasteiger partial charge in [0.05, 0.1) is 12.1 Å². The van der Waals surface area contributed by atoms with Gasteiger partial charge in [0.15, 0.2) is 0 Å². The van der Waals surface area contributed by atoms with E-state index in [0.717, 1.165) is 33.3 Å². The lowest BCUT2D eigenvalue weighted by Crippen LogP contribution is -2.03. The van der Waals surface area contributed by atoms with E-state index < -0.39 is 0 Å². The lowest BCUT2D eigenvalue weighted by atomic mass is 10.1. The molecule has 114 valence electrons. The molecular formula is C18H14N2O2S. The van der Waals surface area contributed by atoms with Crippen LogP contribution < -0.4 is 10.1 Å². The smallest absolute Gasteiger partial charge is 0.228 e. The zero-order valence-electron chi connectivity index (χ0n) is 12.3. The summed E-state index contributed by atoms with van der Waals surface area (Å²) < 4.78 is 5.72. The summed E-state index contributed by atoms with van der Waals surface area (Å²) >= 11 is 1.58. The van der Waals surface area contributed by atoms with Gasteiger partial charge in [0.25, 0.3) is 0 Å². The van der Waals surface area contributed by atoms with Crippen LogP contribution in [0.5, 0.6) is 5.75 Å². The maximum absolute atomic E-state index is 11.4. The van der Waals surface area contributed by atoms with Gasteiger partial charge in [-0.1, -0.05) is 24.3 Å². The van der Waals surface area contributed by atoms with E-state index in [1.807, 2.05) is 53.9 Å². The average Bonchev–Trinajstić information content (AvgIpc) is 3.18. The van der Waals surface area contributed by atoms with E-state index >= 15 is 0 Å². The molecule has 1 N–H and O–H groups in total. The monoisotopic (exact) mass is 322 g/mol. The summed E-state index contributed by atoms with van der Waals surface area (Å²) in [4.78, 5) is 16.1. The van der Waals surface area contributed by atoms with Crippen molar-refractivity contribution >= 4 is 22.9 Å². The highest BCUT2D eigenvalue weighted by Crippen LogP contribution is 2.30. The summed E-state index contributed by atoms with van der Waals surface area (Å²) in [5, 5.41) is 5.80. The number of ether oxygens (including phenoxy) is 1. The second-order valence-corrected chi connectivity index (χ2v) is 6.27. The van der Waals surface area contributed by atoms with Crippen molar-refractivity contribution in [3.8, 4) is 17.0 Å². The highest BCUT2D eigenvalue weighted by molar-refractivity contribution is 7.09. The Balaban J connectivity index is 1.50. The Morgan fingerprint density at radius 2 is 2.04 bits per heavy atom. The molecule has 0 atom stereocenters. The van der Waals surface area contributed by atoms with Gasteiger partial charge in [0.1, 0.15) is 17.4 Å². The Morgan fingerprint density at radius 1 is 1.17 bits per heavy atom. The zero-order valence-corrected chi connectivity index (χ0v) is 13.1. The van der Waals surface area contributed by atoms with E-state index in [2.05, 4.69) is 10.3 Å². The van der Waals surface area contributed by atoms with Crippen molar-refractivity contribution in [2.75, 3.05) is 5.32 Å². The number of carbonyl (C=O) groups is 1. The molecule has 23 heavy (non-hydrogen) atoms. The summed E-state index contributed by atoms with van der Waals surface area (Å²) in [7, 11) is 0.